The van der Waals surface area contributed by atoms with E-state index in [-0.39, 0.29) is 11.1 Å². The van der Waals surface area contributed by atoms with Gasteiger partial charge in [0.25, 0.3) is 6.01 Å². The molecule has 1 aromatic heterocycles. The second kappa shape index (κ2) is 4.25. The van der Waals surface area contributed by atoms with Gasteiger partial charge < -0.3 is 9.73 Å². The Labute approximate surface area is 96.4 Å². The Bertz CT molecular complexity index is 577. The highest BCUT2D eigenvalue weighted by Crippen LogP contribution is 2.23. The summed E-state index contributed by atoms with van der Waals surface area (Å²) in [6.07, 6.45) is 0. The molecule has 1 atom stereocenters. The molecule has 0 aliphatic heterocycles. The van der Waals surface area contributed by atoms with Crippen LogP contribution in [-0.4, -0.2) is 18.9 Å². The molecule has 2 rings (SSSR count). The van der Waals surface area contributed by atoms with E-state index in [0.717, 1.165) is 12.1 Å². The van der Waals surface area contributed by atoms with Crippen molar-refractivity contribution >= 4 is 16.8 Å². The minimum atomic E-state index is -0.800. The van der Waals surface area contributed by atoms with Crippen molar-refractivity contribution in [1.29, 1.82) is 0 Å². The molecule has 0 aliphatic rings. The maximum atomic E-state index is 13.7. The molecule has 0 spiro atoms. The summed E-state index contributed by atoms with van der Waals surface area (Å²) in [5, 5.41) is 3.02. The van der Waals surface area contributed by atoms with Gasteiger partial charge in [0.1, 0.15) is 11.4 Å². The van der Waals surface area contributed by atoms with Gasteiger partial charge in [-0.3, -0.25) is 4.79 Å². The zero-order valence-corrected chi connectivity index (χ0v) is 9.38. The van der Waals surface area contributed by atoms with E-state index in [0.29, 0.717) is 5.39 Å². The summed E-state index contributed by atoms with van der Waals surface area (Å²) < 4.78 is 31.2. The number of halogens is 2. The van der Waals surface area contributed by atoms with Crippen LogP contribution in [0.2, 0.25) is 0 Å². The first-order chi connectivity index (χ1) is 8.02. The van der Waals surface area contributed by atoms with Crippen LogP contribution >= 0.6 is 0 Å². The molecule has 0 bridgehead atoms. The maximum absolute atomic E-state index is 13.7. The number of nitrogens with one attached hydrogen (secondary N) is 1. The Morgan fingerprint density at radius 2 is 2.06 bits per heavy atom. The van der Waals surface area contributed by atoms with Crippen molar-refractivity contribution in [2.24, 2.45) is 0 Å². The van der Waals surface area contributed by atoms with Crippen LogP contribution in [0, 0.1) is 11.8 Å². The minimum absolute atomic E-state index is 0.103. The third-order valence-electron chi connectivity index (χ3n) is 2.67. The van der Waals surface area contributed by atoms with E-state index in [4.69, 9.17) is 4.42 Å². The first kappa shape index (κ1) is 11.7. The van der Waals surface area contributed by atoms with Gasteiger partial charge in [0.05, 0.1) is 11.6 Å². The quantitative estimate of drug-likeness (QED) is 0.837. The van der Waals surface area contributed by atoms with Gasteiger partial charge >= 0.3 is 0 Å². The van der Waals surface area contributed by atoms with Crippen LogP contribution in [-0.2, 0) is 0 Å². The fourth-order valence-corrected chi connectivity index (χ4v) is 1.58. The first-order valence-electron chi connectivity index (χ1n) is 5.13. The second-order valence-corrected chi connectivity index (χ2v) is 3.80. The van der Waals surface area contributed by atoms with Crippen molar-refractivity contribution in [3.05, 3.63) is 35.6 Å². The summed E-state index contributed by atoms with van der Waals surface area (Å²) in [5.41, 5.74) is 0.0595. The lowest BCUT2D eigenvalue weighted by Gasteiger charge is -2.09. The van der Waals surface area contributed by atoms with Crippen LogP contribution in [0.3, 0.4) is 0 Å². The van der Waals surface area contributed by atoms with Crippen LogP contribution in [0.15, 0.2) is 22.6 Å². The summed E-state index contributed by atoms with van der Waals surface area (Å²) >= 11 is 0. The largest absolute Gasteiger partial charge is 0.431 e. The van der Waals surface area contributed by atoms with Crippen LogP contribution in [0.5, 0.6) is 0 Å². The van der Waals surface area contributed by atoms with Crippen molar-refractivity contribution in [3.63, 3.8) is 0 Å². The fourth-order valence-electron chi connectivity index (χ4n) is 1.58. The van der Waals surface area contributed by atoms with E-state index in [1.807, 2.05) is 0 Å². The zero-order chi connectivity index (χ0) is 12.6. The zero-order valence-electron chi connectivity index (χ0n) is 9.38. The molecule has 0 aliphatic carbocycles. The van der Waals surface area contributed by atoms with Crippen LogP contribution in [0.1, 0.15) is 17.3 Å². The van der Waals surface area contributed by atoms with Gasteiger partial charge in [0.15, 0.2) is 5.78 Å². The van der Waals surface area contributed by atoms with E-state index < -0.39 is 23.7 Å². The molecule has 0 amide bonds. The lowest BCUT2D eigenvalue weighted by Crippen LogP contribution is -2.31. The molecule has 0 unspecified atom stereocenters. The molecule has 2 aromatic rings. The predicted octanol–water partition coefficient (Wildman–Crippen LogP) is 2.50. The predicted molar refractivity (Wildman–Crippen MR) is 59.0 cm³/mol. The van der Waals surface area contributed by atoms with E-state index in [9.17, 15) is 13.6 Å². The lowest BCUT2D eigenvalue weighted by molar-refractivity contribution is 0.0951. The smallest absolute Gasteiger partial charge is 0.278 e. The maximum Gasteiger partial charge on any atom is 0.278 e. The van der Waals surface area contributed by atoms with Crippen LogP contribution in [0.25, 0.3) is 11.0 Å². The number of ketones is 1. The minimum Gasteiger partial charge on any atom is -0.431 e. The number of hydrogen-bond donors (Lipinski definition) is 1. The number of benzene rings is 1. The Morgan fingerprint density at radius 3 is 2.71 bits per heavy atom. The molecule has 3 nitrogen and oxygen atoms in total. The summed E-state index contributed by atoms with van der Waals surface area (Å²) in [5.74, 6) is -1.07. The number of likely N-dealkylation sites (N-methyl/N-ethyl adjacent to an activating group) is 1. The molecule has 5 heteroatoms. The number of carbonyl (C=O) groups is 1. The molecular weight excluding hydrogens is 228 g/mol. The Morgan fingerprint density at radius 1 is 1.35 bits per heavy atom. The van der Waals surface area contributed by atoms with E-state index in [2.05, 4.69) is 5.32 Å². The Kier molecular flexibility index (Phi) is 2.93. The number of carbonyl (C=O) groups excluding carboxylic acids is 1. The topological polar surface area (TPSA) is 42.2 Å². The van der Waals surface area contributed by atoms with Crippen molar-refractivity contribution in [2.45, 2.75) is 13.0 Å². The van der Waals surface area contributed by atoms with Gasteiger partial charge in [-0.1, -0.05) is 0 Å². The highest BCUT2D eigenvalue weighted by molar-refractivity contribution is 6.02. The Balaban J connectivity index is 2.54. The average molecular weight is 239 g/mol. The molecule has 1 heterocycles. The lowest BCUT2D eigenvalue weighted by atomic mass is 10.0. The summed E-state index contributed by atoms with van der Waals surface area (Å²) in [4.78, 5) is 11.8. The van der Waals surface area contributed by atoms with Gasteiger partial charge in [-0.05, 0) is 26.1 Å². The Hall–Kier alpha value is -1.75. The SMILES string of the molecule is CN[C@@H](C)C(=O)c1cc2oc(F)cc2cc1F. The monoisotopic (exact) mass is 239 g/mol. The second-order valence-electron chi connectivity index (χ2n) is 3.80. The van der Waals surface area contributed by atoms with Crippen molar-refractivity contribution in [3.8, 4) is 0 Å². The average Bonchev–Trinajstić information content (AvgIpc) is 2.65. The van der Waals surface area contributed by atoms with Gasteiger partial charge in [-0.15, -0.1) is 0 Å². The molecular formula is C12H11F2NO2. The number of hydrogen-bond acceptors (Lipinski definition) is 3. The van der Waals surface area contributed by atoms with Gasteiger partial charge in [0.2, 0.25) is 0 Å². The molecule has 0 radical (unpaired) electrons. The number of furan rings is 1. The summed E-state index contributed by atoms with van der Waals surface area (Å²) in [6, 6.07) is 2.09. The molecule has 90 valence electrons. The highest BCUT2D eigenvalue weighted by Gasteiger charge is 2.19. The van der Waals surface area contributed by atoms with Crippen molar-refractivity contribution < 1.29 is 18.0 Å². The van der Waals surface area contributed by atoms with Crippen molar-refractivity contribution in [2.75, 3.05) is 7.05 Å². The molecule has 0 fully saturated rings. The third kappa shape index (κ3) is 2.06. The normalized spacial score (nSPS) is 12.9. The van der Waals surface area contributed by atoms with Crippen molar-refractivity contribution in [1.82, 2.24) is 5.32 Å². The van der Waals surface area contributed by atoms with E-state index in [1.165, 1.54) is 6.07 Å². The number of rotatable bonds is 3. The van der Waals surface area contributed by atoms with E-state index >= 15 is 0 Å². The van der Waals surface area contributed by atoms with Gasteiger partial charge in [-0.2, -0.15) is 4.39 Å². The standard InChI is InChI=1S/C12H11F2NO2/c1-6(15-2)12(16)8-5-10-7(3-9(8)13)4-11(14)17-10/h3-6,15H,1-2H3/t6-/m0/s1. The number of fused-ring (bicyclic) bond motifs is 1. The molecule has 0 saturated heterocycles. The van der Waals surface area contributed by atoms with Crippen LogP contribution in [0.4, 0.5) is 8.78 Å². The van der Waals surface area contributed by atoms with Gasteiger partial charge in [-0.25, -0.2) is 4.39 Å². The fraction of sp³-hybridized carbons (Fsp3) is 0.250. The summed E-state index contributed by atoms with van der Waals surface area (Å²) in [7, 11) is 1.60. The van der Waals surface area contributed by atoms with Gasteiger partial charge in [0, 0.05) is 11.5 Å². The first-order valence-corrected chi connectivity index (χ1v) is 5.13. The number of Topliss-reactive ketones (excluding diaryl/α,β-unsaturated/α-hetero) is 1. The van der Waals surface area contributed by atoms with Crippen LogP contribution < -0.4 is 5.32 Å². The highest BCUT2D eigenvalue weighted by atomic mass is 19.1. The van der Waals surface area contributed by atoms with E-state index in [1.54, 1.807) is 14.0 Å². The molecule has 17 heavy (non-hydrogen) atoms. The molecule has 0 saturated carbocycles. The molecule has 1 N–H and O–H groups in total. The molecule has 1 aromatic carbocycles. The third-order valence-corrected chi connectivity index (χ3v) is 2.67. The summed E-state index contributed by atoms with van der Waals surface area (Å²) in [6.45, 7) is 1.62.